The molecule has 3 atom stereocenters. The second kappa shape index (κ2) is 7.49. The smallest absolute Gasteiger partial charge is 0.0462 e. The first kappa shape index (κ1) is 16.0. The van der Waals surface area contributed by atoms with Gasteiger partial charge in [0, 0.05) is 13.7 Å². The van der Waals surface area contributed by atoms with Gasteiger partial charge in [-0.1, -0.05) is 20.8 Å². The molecule has 1 fully saturated rings. The summed E-state index contributed by atoms with van der Waals surface area (Å²) in [7, 11) is 3.89. The van der Waals surface area contributed by atoms with Crippen molar-refractivity contribution in [2.75, 3.05) is 27.3 Å². The maximum atomic E-state index is 5.21. The maximum Gasteiger partial charge on any atom is 0.0462 e. The predicted molar refractivity (Wildman–Crippen MR) is 78.8 cm³/mol. The summed E-state index contributed by atoms with van der Waals surface area (Å²) in [5.41, 5.74) is 0.476. The van der Waals surface area contributed by atoms with Crippen LogP contribution in [0.2, 0.25) is 0 Å². The maximum absolute atomic E-state index is 5.21. The number of rotatable bonds is 6. The van der Waals surface area contributed by atoms with E-state index in [0.717, 1.165) is 24.4 Å². The normalized spacial score (nSPS) is 29.5. The highest BCUT2D eigenvalue weighted by Crippen LogP contribution is 2.44. The molecule has 0 aromatic carbocycles. The van der Waals surface area contributed by atoms with Crippen LogP contribution >= 0.6 is 0 Å². The zero-order chi connectivity index (χ0) is 13.6. The Morgan fingerprint density at radius 1 is 1.17 bits per heavy atom. The van der Waals surface area contributed by atoms with Crippen molar-refractivity contribution in [1.29, 1.82) is 0 Å². The van der Waals surface area contributed by atoms with Crippen LogP contribution in [-0.2, 0) is 4.74 Å². The zero-order valence-corrected chi connectivity index (χ0v) is 13.1. The van der Waals surface area contributed by atoms with Gasteiger partial charge in [0.1, 0.15) is 0 Å². The number of hydrogen-bond acceptors (Lipinski definition) is 2. The van der Waals surface area contributed by atoms with Crippen LogP contribution in [-0.4, -0.2) is 27.3 Å². The van der Waals surface area contributed by atoms with Crippen molar-refractivity contribution in [2.45, 2.75) is 52.9 Å². The van der Waals surface area contributed by atoms with Crippen molar-refractivity contribution in [2.24, 2.45) is 23.2 Å². The van der Waals surface area contributed by atoms with Gasteiger partial charge >= 0.3 is 0 Å². The lowest BCUT2D eigenvalue weighted by atomic mass is 9.64. The number of methoxy groups -OCH3 is 1. The molecule has 108 valence electrons. The zero-order valence-electron chi connectivity index (χ0n) is 13.1. The van der Waals surface area contributed by atoms with E-state index >= 15 is 0 Å². The highest BCUT2D eigenvalue weighted by molar-refractivity contribution is 4.86. The lowest BCUT2D eigenvalue weighted by Gasteiger charge is -2.42. The number of ether oxygens (including phenoxy) is 1. The van der Waals surface area contributed by atoms with Gasteiger partial charge in [-0.15, -0.1) is 0 Å². The van der Waals surface area contributed by atoms with E-state index in [2.05, 4.69) is 33.1 Å². The van der Waals surface area contributed by atoms with Gasteiger partial charge in [0.25, 0.3) is 0 Å². The molecule has 1 rings (SSSR count). The third-order valence-electron chi connectivity index (χ3n) is 4.75. The molecule has 0 aliphatic heterocycles. The second-order valence-corrected chi connectivity index (χ2v) is 7.09. The molecule has 2 heteroatoms. The lowest BCUT2D eigenvalue weighted by molar-refractivity contribution is 0.0858. The Hall–Kier alpha value is -0.0800. The lowest BCUT2D eigenvalue weighted by Crippen LogP contribution is -2.36. The summed E-state index contributed by atoms with van der Waals surface area (Å²) >= 11 is 0. The highest BCUT2D eigenvalue weighted by atomic mass is 16.5. The fourth-order valence-electron chi connectivity index (χ4n) is 3.49. The van der Waals surface area contributed by atoms with E-state index in [0.29, 0.717) is 5.41 Å². The third-order valence-corrected chi connectivity index (χ3v) is 4.75. The number of nitrogens with one attached hydrogen (secondary N) is 1. The second-order valence-electron chi connectivity index (χ2n) is 7.09. The molecule has 0 radical (unpaired) electrons. The minimum absolute atomic E-state index is 0.476. The van der Waals surface area contributed by atoms with Crippen molar-refractivity contribution in [3.63, 3.8) is 0 Å². The van der Waals surface area contributed by atoms with Gasteiger partial charge in [-0.05, 0) is 68.9 Å². The first-order valence-corrected chi connectivity index (χ1v) is 7.62. The van der Waals surface area contributed by atoms with E-state index in [4.69, 9.17) is 4.74 Å². The summed E-state index contributed by atoms with van der Waals surface area (Å²) in [4.78, 5) is 0. The van der Waals surface area contributed by atoms with Gasteiger partial charge in [0.05, 0.1) is 0 Å². The van der Waals surface area contributed by atoms with Crippen LogP contribution in [0.25, 0.3) is 0 Å². The largest absolute Gasteiger partial charge is 0.385 e. The van der Waals surface area contributed by atoms with Crippen LogP contribution in [0.15, 0.2) is 0 Å². The molecule has 3 unspecified atom stereocenters. The Bertz CT molecular complexity index is 222. The van der Waals surface area contributed by atoms with Crippen molar-refractivity contribution in [1.82, 2.24) is 5.32 Å². The monoisotopic (exact) mass is 255 g/mol. The molecule has 0 heterocycles. The Balaban J connectivity index is 2.52. The summed E-state index contributed by atoms with van der Waals surface area (Å²) in [6.45, 7) is 9.32. The van der Waals surface area contributed by atoms with Crippen LogP contribution in [0.1, 0.15) is 52.9 Å². The molecular weight excluding hydrogens is 222 g/mol. The van der Waals surface area contributed by atoms with Gasteiger partial charge in [-0.25, -0.2) is 0 Å². The summed E-state index contributed by atoms with van der Waals surface area (Å²) in [5.74, 6) is 2.68. The van der Waals surface area contributed by atoms with Crippen molar-refractivity contribution < 1.29 is 4.74 Å². The fraction of sp³-hybridized carbons (Fsp3) is 1.00. The summed E-state index contributed by atoms with van der Waals surface area (Å²) in [6.07, 6.45) is 6.79. The predicted octanol–water partition coefficient (Wildman–Crippen LogP) is 3.71. The fourth-order valence-corrected chi connectivity index (χ4v) is 3.49. The summed E-state index contributed by atoms with van der Waals surface area (Å²) in [6, 6.07) is 0. The minimum Gasteiger partial charge on any atom is -0.385 e. The quantitative estimate of drug-likeness (QED) is 0.731. The molecule has 0 bridgehead atoms. The standard InChI is InChI=1S/C16H33NO/c1-16(2,3)15-9-8-14(12-17-4)13(11-15)7-6-10-18-5/h13-15,17H,6-12H2,1-5H3. The highest BCUT2D eigenvalue weighted by Gasteiger charge is 2.35. The average molecular weight is 255 g/mol. The molecule has 2 nitrogen and oxygen atoms in total. The van der Waals surface area contributed by atoms with Crippen molar-refractivity contribution in [3.05, 3.63) is 0 Å². The van der Waals surface area contributed by atoms with Crippen molar-refractivity contribution >= 4 is 0 Å². The molecule has 0 amide bonds. The van der Waals surface area contributed by atoms with Crippen LogP contribution in [0.4, 0.5) is 0 Å². The molecule has 1 N–H and O–H groups in total. The van der Waals surface area contributed by atoms with Gasteiger partial charge in [0.15, 0.2) is 0 Å². The number of hydrogen-bond donors (Lipinski definition) is 1. The van der Waals surface area contributed by atoms with E-state index in [1.54, 1.807) is 0 Å². The molecule has 0 saturated heterocycles. The van der Waals surface area contributed by atoms with Crippen LogP contribution in [0.3, 0.4) is 0 Å². The van der Waals surface area contributed by atoms with Crippen LogP contribution < -0.4 is 5.32 Å². The Morgan fingerprint density at radius 3 is 2.44 bits per heavy atom. The first-order valence-electron chi connectivity index (χ1n) is 7.62. The van der Waals surface area contributed by atoms with Crippen LogP contribution in [0, 0.1) is 23.2 Å². The minimum atomic E-state index is 0.476. The molecular formula is C16H33NO. The molecule has 1 aliphatic rings. The van der Waals surface area contributed by atoms with E-state index in [1.165, 1.54) is 38.6 Å². The molecule has 0 aromatic rings. The summed E-state index contributed by atoms with van der Waals surface area (Å²) in [5, 5.41) is 3.38. The van der Waals surface area contributed by atoms with E-state index in [9.17, 15) is 0 Å². The van der Waals surface area contributed by atoms with Gasteiger partial charge in [-0.3, -0.25) is 0 Å². The molecule has 1 aliphatic carbocycles. The van der Waals surface area contributed by atoms with E-state index < -0.39 is 0 Å². The third kappa shape index (κ3) is 4.89. The SMILES string of the molecule is CNCC1CCC(C(C)(C)C)CC1CCCOC. The van der Waals surface area contributed by atoms with E-state index in [1.807, 2.05) is 7.11 Å². The Kier molecular flexibility index (Phi) is 6.65. The molecule has 18 heavy (non-hydrogen) atoms. The van der Waals surface area contributed by atoms with Crippen molar-refractivity contribution in [3.8, 4) is 0 Å². The van der Waals surface area contributed by atoms with Crippen LogP contribution in [0.5, 0.6) is 0 Å². The molecule has 1 saturated carbocycles. The topological polar surface area (TPSA) is 21.3 Å². The average Bonchev–Trinajstić information content (AvgIpc) is 2.30. The molecule has 0 aromatic heterocycles. The van der Waals surface area contributed by atoms with Gasteiger partial charge in [-0.2, -0.15) is 0 Å². The van der Waals surface area contributed by atoms with E-state index in [-0.39, 0.29) is 0 Å². The molecule has 0 spiro atoms. The Morgan fingerprint density at radius 2 is 1.89 bits per heavy atom. The summed E-state index contributed by atoms with van der Waals surface area (Å²) < 4.78 is 5.21. The Labute approximate surface area is 114 Å². The van der Waals surface area contributed by atoms with Gasteiger partial charge in [0.2, 0.25) is 0 Å². The first-order chi connectivity index (χ1) is 8.49. The van der Waals surface area contributed by atoms with Gasteiger partial charge < -0.3 is 10.1 Å².